The number of halogens is 1. The third kappa shape index (κ3) is 3.93. The van der Waals surface area contributed by atoms with Gasteiger partial charge in [0.15, 0.2) is 0 Å². The Morgan fingerprint density at radius 2 is 2.30 bits per heavy atom. The van der Waals surface area contributed by atoms with Gasteiger partial charge < -0.3 is 15.1 Å². The van der Waals surface area contributed by atoms with Crippen molar-refractivity contribution in [2.24, 2.45) is 0 Å². The van der Waals surface area contributed by atoms with Crippen LogP contribution in [0.1, 0.15) is 25.3 Å². The standard InChI is InChI=1S/C15H25BrN4/c1-4-17-9-12-8-13(16)10-18-15(12)20-7-5-6-14(20)11-19(2)3/h8,10,14,17H,4-7,9,11H2,1-3H3. The molecule has 2 rings (SSSR count). The van der Waals surface area contributed by atoms with Crippen LogP contribution >= 0.6 is 15.9 Å². The van der Waals surface area contributed by atoms with Gasteiger partial charge in [-0.1, -0.05) is 6.92 Å². The molecule has 1 aliphatic heterocycles. The van der Waals surface area contributed by atoms with E-state index in [1.165, 1.54) is 18.4 Å². The highest BCUT2D eigenvalue weighted by molar-refractivity contribution is 9.10. The Morgan fingerprint density at radius 3 is 3.00 bits per heavy atom. The lowest BCUT2D eigenvalue weighted by molar-refractivity contribution is 0.371. The Morgan fingerprint density at radius 1 is 1.50 bits per heavy atom. The number of anilines is 1. The van der Waals surface area contributed by atoms with Crippen molar-refractivity contribution in [1.82, 2.24) is 15.2 Å². The van der Waals surface area contributed by atoms with Crippen molar-refractivity contribution >= 4 is 21.7 Å². The molecule has 20 heavy (non-hydrogen) atoms. The number of rotatable bonds is 6. The second-order valence-corrected chi connectivity index (χ2v) is 6.58. The maximum Gasteiger partial charge on any atom is 0.133 e. The van der Waals surface area contributed by atoms with Crippen molar-refractivity contribution in [3.63, 3.8) is 0 Å². The van der Waals surface area contributed by atoms with Gasteiger partial charge in [-0.2, -0.15) is 0 Å². The average Bonchev–Trinajstić information content (AvgIpc) is 2.83. The second-order valence-electron chi connectivity index (χ2n) is 5.67. The summed E-state index contributed by atoms with van der Waals surface area (Å²) >= 11 is 3.54. The van der Waals surface area contributed by atoms with E-state index in [-0.39, 0.29) is 0 Å². The largest absolute Gasteiger partial charge is 0.352 e. The smallest absolute Gasteiger partial charge is 0.133 e. The fourth-order valence-electron chi connectivity index (χ4n) is 2.85. The van der Waals surface area contributed by atoms with E-state index in [1.54, 1.807) is 0 Å². The Hall–Kier alpha value is -0.650. The van der Waals surface area contributed by atoms with Gasteiger partial charge in [-0.15, -0.1) is 0 Å². The second kappa shape index (κ2) is 7.38. The molecular weight excluding hydrogens is 316 g/mol. The van der Waals surface area contributed by atoms with Gasteiger partial charge in [0.1, 0.15) is 5.82 Å². The zero-order valence-corrected chi connectivity index (χ0v) is 14.3. The van der Waals surface area contributed by atoms with Crippen LogP contribution in [0.25, 0.3) is 0 Å². The highest BCUT2D eigenvalue weighted by atomic mass is 79.9. The normalized spacial score (nSPS) is 19.1. The van der Waals surface area contributed by atoms with E-state index in [2.05, 4.69) is 58.1 Å². The van der Waals surface area contributed by atoms with Crippen LogP contribution in [0.5, 0.6) is 0 Å². The van der Waals surface area contributed by atoms with Gasteiger partial charge in [-0.3, -0.25) is 0 Å². The predicted octanol–water partition coefficient (Wildman–Crippen LogP) is 2.48. The van der Waals surface area contributed by atoms with E-state index < -0.39 is 0 Å². The molecule has 112 valence electrons. The topological polar surface area (TPSA) is 31.4 Å². The van der Waals surface area contributed by atoms with Crippen LogP contribution in [-0.2, 0) is 6.54 Å². The Labute approximate surface area is 130 Å². The molecular formula is C15H25BrN4. The minimum atomic E-state index is 0.582. The van der Waals surface area contributed by atoms with Crippen molar-refractivity contribution in [1.29, 1.82) is 0 Å². The molecule has 2 heterocycles. The van der Waals surface area contributed by atoms with Crippen LogP contribution < -0.4 is 10.2 Å². The van der Waals surface area contributed by atoms with E-state index in [1.807, 2.05) is 6.20 Å². The van der Waals surface area contributed by atoms with E-state index in [0.717, 1.165) is 36.5 Å². The minimum absolute atomic E-state index is 0.582. The first-order valence-electron chi connectivity index (χ1n) is 7.38. The van der Waals surface area contributed by atoms with Crippen molar-refractivity contribution in [3.8, 4) is 0 Å². The molecule has 1 unspecified atom stereocenters. The van der Waals surface area contributed by atoms with E-state index in [9.17, 15) is 0 Å². The molecule has 0 amide bonds. The molecule has 0 aliphatic carbocycles. The lowest BCUT2D eigenvalue weighted by Crippen LogP contribution is -2.38. The summed E-state index contributed by atoms with van der Waals surface area (Å²) in [5, 5.41) is 3.41. The number of nitrogens with one attached hydrogen (secondary N) is 1. The van der Waals surface area contributed by atoms with E-state index >= 15 is 0 Å². The third-order valence-corrected chi connectivity index (χ3v) is 4.13. The van der Waals surface area contributed by atoms with Crippen molar-refractivity contribution < 1.29 is 0 Å². The SMILES string of the molecule is CCNCc1cc(Br)cnc1N1CCCC1CN(C)C. The zero-order chi connectivity index (χ0) is 14.5. The summed E-state index contributed by atoms with van der Waals surface area (Å²) in [6.45, 7) is 6.21. The Balaban J connectivity index is 2.21. The molecule has 4 nitrogen and oxygen atoms in total. The summed E-state index contributed by atoms with van der Waals surface area (Å²) in [5.41, 5.74) is 1.28. The molecule has 1 aromatic heterocycles. The Kier molecular flexibility index (Phi) is 5.81. The van der Waals surface area contributed by atoms with Crippen LogP contribution in [0.4, 0.5) is 5.82 Å². The van der Waals surface area contributed by atoms with E-state index in [4.69, 9.17) is 4.98 Å². The van der Waals surface area contributed by atoms with Gasteiger partial charge in [-0.05, 0) is 55.5 Å². The quantitative estimate of drug-likeness (QED) is 0.861. The van der Waals surface area contributed by atoms with Gasteiger partial charge in [-0.25, -0.2) is 4.98 Å². The average molecular weight is 341 g/mol. The number of likely N-dealkylation sites (N-methyl/N-ethyl adjacent to an activating group) is 1. The zero-order valence-electron chi connectivity index (χ0n) is 12.7. The highest BCUT2D eigenvalue weighted by Gasteiger charge is 2.27. The third-order valence-electron chi connectivity index (χ3n) is 3.70. The summed E-state index contributed by atoms with van der Waals surface area (Å²) in [6.07, 6.45) is 4.43. The summed E-state index contributed by atoms with van der Waals surface area (Å²) < 4.78 is 1.05. The molecule has 1 aromatic rings. The lowest BCUT2D eigenvalue weighted by atomic mass is 10.2. The molecule has 5 heteroatoms. The number of hydrogen-bond donors (Lipinski definition) is 1. The van der Waals surface area contributed by atoms with Crippen LogP contribution in [-0.4, -0.2) is 49.7 Å². The van der Waals surface area contributed by atoms with Crippen molar-refractivity contribution in [2.75, 3.05) is 38.6 Å². The van der Waals surface area contributed by atoms with Crippen molar-refractivity contribution in [2.45, 2.75) is 32.4 Å². The fraction of sp³-hybridized carbons (Fsp3) is 0.667. The lowest BCUT2D eigenvalue weighted by Gasteiger charge is -2.29. The number of hydrogen-bond acceptors (Lipinski definition) is 4. The summed E-state index contributed by atoms with van der Waals surface area (Å²) in [4.78, 5) is 9.45. The number of nitrogens with zero attached hydrogens (tertiary/aromatic N) is 3. The fourth-order valence-corrected chi connectivity index (χ4v) is 3.23. The van der Waals surface area contributed by atoms with Crippen LogP contribution in [0.2, 0.25) is 0 Å². The summed E-state index contributed by atoms with van der Waals surface area (Å²) in [6, 6.07) is 2.77. The van der Waals surface area contributed by atoms with Crippen molar-refractivity contribution in [3.05, 3.63) is 22.3 Å². The number of pyridine rings is 1. The molecule has 0 bridgehead atoms. The Bertz CT molecular complexity index is 436. The molecule has 0 saturated carbocycles. The first-order valence-corrected chi connectivity index (χ1v) is 8.17. The molecule has 1 fully saturated rings. The molecule has 1 atom stereocenters. The van der Waals surface area contributed by atoms with Crippen LogP contribution in [0.15, 0.2) is 16.7 Å². The van der Waals surface area contributed by atoms with E-state index in [0.29, 0.717) is 6.04 Å². The van der Waals surface area contributed by atoms with Gasteiger partial charge in [0.05, 0.1) is 0 Å². The predicted molar refractivity (Wildman–Crippen MR) is 88.2 cm³/mol. The van der Waals surface area contributed by atoms with Gasteiger partial charge >= 0.3 is 0 Å². The minimum Gasteiger partial charge on any atom is -0.352 e. The molecule has 1 aliphatic rings. The van der Waals surface area contributed by atoms with Crippen LogP contribution in [0.3, 0.4) is 0 Å². The molecule has 1 saturated heterocycles. The first-order chi connectivity index (χ1) is 9.61. The maximum absolute atomic E-state index is 4.69. The maximum atomic E-state index is 4.69. The van der Waals surface area contributed by atoms with Gasteiger partial charge in [0.2, 0.25) is 0 Å². The molecule has 0 aromatic carbocycles. The molecule has 0 radical (unpaired) electrons. The number of aromatic nitrogens is 1. The van der Waals surface area contributed by atoms with Crippen LogP contribution in [0, 0.1) is 0 Å². The van der Waals surface area contributed by atoms with Gasteiger partial charge in [0, 0.05) is 41.9 Å². The monoisotopic (exact) mass is 340 g/mol. The molecule has 0 spiro atoms. The first kappa shape index (κ1) is 15.7. The summed E-state index contributed by atoms with van der Waals surface area (Å²) in [5.74, 6) is 1.15. The highest BCUT2D eigenvalue weighted by Crippen LogP contribution is 2.28. The van der Waals surface area contributed by atoms with Gasteiger partial charge in [0.25, 0.3) is 0 Å². The summed E-state index contributed by atoms with van der Waals surface area (Å²) in [7, 11) is 4.29. The molecule has 1 N–H and O–H groups in total.